The van der Waals surface area contributed by atoms with Gasteiger partial charge in [0.2, 0.25) is 11.8 Å². The number of benzene rings is 2. The second-order valence-corrected chi connectivity index (χ2v) is 9.17. The summed E-state index contributed by atoms with van der Waals surface area (Å²) in [4.78, 5) is 54.0. The number of nitrogens with one attached hydrogen (secondary N) is 1. The normalized spacial score (nSPS) is 22.2. The van der Waals surface area contributed by atoms with Crippen molar-refractivity contribution >= 4 is 23.6 Å². The molecule has 170 valence electrons. The predicted octanol–water partition coefficient (Wildman–Crippen LogP) is 2.59. The van der Waals surface area contributed by atoms with Crippen LogP contribution in [0.4, 0.5) is 0 Å². The molecule has 4 amide bonds. The van der Waals surface area contributed by atoms with Crippen LogP contribution in [-0.4, -0.2) is 59.6 Å². The minimum Gasteiger partial charge on any atom is -0.303 e. The Labute approximate surface area is 192 Å². The van der Waals surface area contributed by atoms with Crippen LogP contribution in [0.2, 0.25) is 0 Å². The third-order valence-corrected chi connectivity index (χ3v) is 7.37. The third kappa shape index (κ3) is 3.66. The molecule has 7 nitrogen and oxygen atoms in total. The van der Waals surface area contributed by atoms with Crippen LogP contribution in [0.5, 0.6) is 0 Å². The van der Waals surface area contributed by atoms with E-state index in [4.69, 9.17) is 0 Å². The quantitative estimate of drug-likeness (QED) is 0.546. The summed E-state index contributed by atoms with van der Waals surface area (Å²) in [6, 6.07) is 16.5. The molecule has 1 spiro atoms. The van der Waals surface area contributed by atoms with Gasteiger partial charge in [0.1, 0.15) is 0 Å². The summed E-state index contributed by atoms with van der Waals surface area (Å²) < 4.78 is 0. The van der Waals surface area contributed by atoms with Crippen molar-refractivity contribution in [1.29, 1.82) is 0 Å². The number of carbonyl (C=O) groups is 4. The van der Waals surface area contributed by atoms with E-state index < -0.39 is 11.3 Å². The number of carbonyl (C=O) groups excluding carboxylic acids is 4. The van der Waals surface area contributed by atoms with Gasteiger partial charge in [0.25, 0.3) is 11.8 Å². The van der Waals surface area contributed by atoms with Crippen molar-refractivity contribution in [2.45, 2.75) is 31.6 Å². The fraction of sp³-hybridized carbons (Fsp3) is 0.385. The van der Waals surface area contributed by atoms with Gasteiger partial charge in [-0.1, -0.05) is 42.5 Å². The highest BCUT2D eigenvalue weighted by Gasteiger charge is 2.56. The first-order valence-corrected chi connectivity index (χ1v) is 11.6. The minimum atomic E-state index is -0.672. The number of fused-ring (bicyclic) bond motifs is 1. The minimum absolute atomic E-state index is 0.147. The number of imide groups is 2. The van der Waals surface area contributed by atoms with Gasteiger partial charge in [0, 0.05) is 6.54 Å². The third-order valence-electron chi connectivity index (χ3n) is 7.37. The molecular formula is C26H27N3O4. The molecule has 0 saturated carbocycles. The molecule has 5 rings (SSSR count). The Bertz CT molecular complexity index is 1070. The van der Waals surface area contributed by atoms with E-state index in [1.165, 1.54) is 4.90 Å². The molecule has 1 unspecified atom stereocenters. The fourth-order valence-corrected chi connectivity index (χ4v) is 5.55. The number of piperidine rings is 1. The van der Waals surface area contributed by atoms with Gasteiger partial charge in [-0.3, -0.25) is 29.4 Å². The molecule has 1 N–H and O–H groups in total. The first-order valence-electron chi connectivity index (χ1n) is 11.6. The molecule has 0 aromatic heterocycles. The van der Waals surface area contributed by atoms with E-state index in [-0.39, 0.29) is 23.6 Å². The molecule has 3 heterocycles. The molecular weight excluding hydrogens is 418 g/mol. The first-order chi connectivity index (χ1) is 16.0. The maximum atomic E-state index is 12.8. The smallest absolute Gasteiger partial charge is 0.261 e. The molecule has 0 aliphatic carbocycles. The first kappa shape index (κ1) is 21.5. The summed E-state index contributed by atoms with van der Waals surface area (Å²) in [5.74, 6) is -1.19. The number of amides is 4. The molecule has 2 saturated heterocycles. The van der Waals surface area contributed by atoms with Crippen LogP contribution in [0.1, 0.15) is 57.9 Å². The van der Waals surface area contributed by atoms with Crippen LogP contribution in [0.15, 0.2) is 54.6 Å². The van der Waals surface area contributed by atoms with Crippen molar-refractivity contribution in [2.24, 2.45) is 5.41 Å². The molecule has 2 aromatic carbocycles. The molecule has 1 atom stereocenters. The van der Waals surface area contributed by atoms with Crippen LogP contribution in [0, 0.1) is 5.41 Å². The van der Waals surface area contributed by atoms with E-state index >= 15 is 0 Å². The number of nitrogens with zero attached hydrogens (tertiary/aromatic N) is 2. The highest BCUT2D eigenvalue weighted by atomic mass is 16.2. The van der Waals surface area contributed by atoms with E-state index in [1.54, 1.807) is 24.3 Å². The Kier molecular flexibility index (Phi) is 5.58. The lowest BCUT2D eigenvalue weighted by molar-refractivity contribution is -0.130. The van der Waals surface area contributed by atoms with E-state index in [2.05, 4.69) is 10.2 Å². The summed E-state index contributed by atoms with van der Waals surface area (Å²) in [5.41, 5.74) is 1.20. The van der Waals surface area contributed by atoms with Crippen LogP contribution in [-0.2, 0) is 9.59 Å². The van der Waals surface area contributed by atoms with Crippen molar-refractivity contribution in [3.63, 3.8) is 0 Å². The molecule has 3 aliphatic heterocycles. The highest BCUT2D eigenvalue weighted by Crippen LogP contribution is 2.48. The molecule has 7 heteroatoms. The predicted molar refractivity (Wildman–Crippen MR) is 121 cm³/mol. The lowest BCUT2D eigenvalue weighted by Crippen LogP contribution is -2.46. The van der Waals surface area contributed by atoms with Crippen molar-refractivity contribution < 1.29 is 19.2 Å². The molecule has 33 heavy (non-hydrogen) atoms. The SMILES string of the molecule is O=C1NC(=O)C2(CCN(CCCCN3C(=O)c4ccccc4C3=O)CC2)C1c1ccccc1. The maximum absolute atomic E-state index is 12.8. The van der Waals surface area contributed by atoms with Gasteiger partial charge >= 0.3 is 0 Å². The maximum Gasteiger partial charge on any atom is 0.261 e. The highest BCUT2D eigenvalue weighted by molar-refractivity contribution is 6.21. The van der Waals surface area contributed by atoms with Gasteiger partial charge in [-0.05, 0) is 63.0 Å². The number of unbranched alkanes of at least 4 members (excludes halogenated alkanes) is 1. The van der Waals surface area contributed by atoms with Crippen molar-refractivity contribution in [1.82, 2.24) is 15.1 Å². The summed E-state index contributed by atoms with van der Waals surface area (Å²) >= 11 is 0. The zero-order valence-corrected chi connectivity index (χ0v) is 18.5. The van der Waals surface area contributed by atoms with Gasteiger partial charge < -0.3 is 4.90 Å². The van der Waals surface area contributed by atoms with Crippen LogP contribution >= 0.6 is 0 Å². The standard InChI is InChI=1S/C26H27N3O4/c30-22-21(18-8-2-1-3-9-18)26(25(33)27-22)12-16-28(17-13-26)14-6-7-15-29-23(31)19-10-4-5-11-20(19)24(29)32/h1-5,8-11,21H,6-7,12-17H2,(H,27,30,33). The van der Waals surface area contributed by atoms with Crippen molar-refractivity contribution in [3.8, 4) is 0 Å². The lowest BCUT2D eigenvalue weighted by Gasteiger charge is -2.40. The van der Waals surface area contributed by atoms with Crippen molar-refractivity contribution in [2.75, 3.05) is 26.2 Å². The van der Waals surface area contributed by atoms with Gasteiger partial charge in [-0.15, -0.1) is 0 Å². The Balaban J connectivity index is 1.14. The van der Waals surface area contributed by atoms with Gasteiger partial charge in [0.05, 0.1) is 22.5 Å². The average Bonchev–Trinajstić information content (AvgIpc) is 3.22. The number of rotatable bonds is 6. The number of likely N-dealkylation sites (tertiary alicyclic amines) is 1. The summed E-state index contributed by atoms with van der Waals surface area (Å²) in [7, 11) is 0. The second kappa shape index (κ2) is 8.56. The average molecular weight is 446 g/mol. The number of hydrogen-bond donors (Lipinski definition) is 1. The Hall–Kier alpha value is -3.32. The van der Waals surface area contributed by atoms with Crippen LogP contribution in [0.3, 0.4) is 0 Å². The summed E-state index contributed by atoms with van der Waals surface area (Å²) in [6.07, 6.45) is 2.87. The van der Waals surface area contributed by atoms with E-state index in [0.29, 0.717) is 30.5 Å². The Morgan fingerprint density at radius 2 is 1.36 bits per heavy atom. The van der Waals surface area contributed by atoms with Gasteiger partial charge in [0.15, 0.2) is 0 Å². The van der Waals surface area contributed by atoms with Gasteiger partial charge in [-0.25, -0.2) is 0 Å². The largest absolute Gasteiger partial charge is 0.303 e. The molecule has 0 radical (unpaired) electrons. The fourth-order valence-electron chi connectivity index (χ4n) is 5.55. The summed E-state index contributed by atoms with van der Waals surface area (Å²) in [5, 5.41) is 2.57. The van der Waals surface area contributed by atoms with E-state index in [1.807, 2.05) is 30.3 Å². The van der Waals surface area contributed by atoms with E-state index in [9.17, 15) is 19.2 Å². The zero-order chi connectivity index (χ0) is 23.0. The van der Waals surface area contributed by atoms with Crippen LogP contribution in [0.25, 0.3) is 0 Å². The topological polar surface area (TPSA) is 86.8 Å². The van der Waals surface area contributed by atoms with Crippen molar-refractivity contribution in [3.05, 3.63) is 71.3 Å². The number of hydrogen-bond acceptors (Lipinski definition) is 5. The molecule has 3 aliphatic rings. The van der Waals surface area contributed by atoms with Crippen LogP contribution < -0.4 is 5.32 Å². The Morgan fingerprint density at radius 1 is 0.788 bits per heavy atom. The monoisotopic (exact) mass is 445 g/mol. The summed E-state index contributed by atoms with van der Waals surface area (Å²) in [6.45, 7) is 2.75. The Morgan fingerprint density at radius 3 is 2.00 bits per heavy atom. The second-order valence-electron chi connectivity index (χ2n) is 9.17. The molecule has 0 bridgehead atoms. The molecule has 2 fully saturated rings. The molecule has 2 aromatic rings. The van der Waals surface area contributed by atoms with E-state index in [0.717, 1.165) is 38.0 Å². The van der Waals surface area contributed by atoms with Gasteiger partial charge in [-0.2, -0.15) is 0 Å². The lowest BCUT2D eigenvalue weighted by atomic mass is 9.67. The zero-order valence-electron chi connectivity index (χ0n) is 18.5.